The first-order valence-electron chi connectivity index (χ1n) is 15.7. The third-order valence-corrected chi connectivity index (χ3v) is 9.11. The van der Waals surface area contributed by atoms with Gasteiger partial charge in [-0.05, 0) is 59.8 Å². The fourth-order valence-electron chi connectivity index (χ4n) is 6.68. The lowest BCUT2D eigenvalue weighted by molar-refractivity contribution is -0.139. The molecule has 2 amide bonds. The molecule has 0 aliphatic carbocycles. The fraction of sp³-hybridized carbons (Fsp3) is 0.243. The molecule has 0 spiro atoms. The molecule has 0 unspecified atom stereocenters. The molecule has 238 valence electrons. The maximum atomic E-state index is 14.2. The van der Waals surface area contributed by atoms with Gasteiger partial charge in [0.15, 0.2) is 5.60 Å². The van der Waals surface area contributed by atoms with Gasteiger partial charge in [-0.25, -0.2) is 0 Å². The van der Waals surface area contributed by atoms with Crippen molar-refractivity contribution in [3.8, 4) is 5.75 Å². The maximum absolute atomic E-state index is 14.2. The van der Waals surface area contributed by atoms with Crippen molar-refractivity contribution < 1.29 is 24.5 Å². The second-order valence-corrected chi connectivity index (χ2v) is 12.0. The van der Waals surface area contributed by atoms with Crippen LogP contribution in [0.5, 0.6) is 5.75 Å². The molecule has 2 aliphatic rings. The molecule has 10 heteroatoms. The minimum atomic E-state index is -1.82. The van der Waals surface area contributed by atoms with Crippen molar-refractivity contribution in [3.05, 3.63) is 120 Å². The number of nitrogens with zero attached hydrogens (tertiary/aromatic N) is 5. The lowest BCUT2D eigenvalue weighted by Gasteiger charge is -2.28. The zero-order valence-corrected chi connectivity index (χ0v) is 26.2. The van der Waals surface area contributed by atoms with Gasteiger partial charge < -0.3 is 19.8 Å². The van der Waals surface area contributed by atoms with Crippen LogP contribution in [0.4, 0.5) is 17.1 Å². The number of ether oxygens (including phenoxy) is 1. The number of hydrogen-bond acceptors (Lipinski definition) is 7. The number of allylic oxidation sites excluding steroid dienone is 1. The first-order valence-corrected chi connectivity index (χ1v) is 15.7. The van der Waals surface area contributed by atoms with E-state index >= 15 is 0 Å². The van der Waals surface area contributed by atoms with Gasteiger partial charge in [-0.15, -0.1) is 5.10 Å². The van der Waals surface area contributed by atoms with E-state index in [4.69, 9.17) is 9.84 Å². The van der Waals surface area contributed by atoms with E-state index in [2.05, 4.69) is 10.3 Å². The molecule has 2 aliphatic heterocycles. The van der Waals surface area contributed by atoms with E-state index in [0.717, 1.165) is 27.7 Å². The summed E-state index contributed by atoms with van der Waals surface area (Å²) in [6.45, 7) is 2.61. The average molecular weight is 630 g/mol. The first-order chi connectivity index (χ1) is 22.8. The Morgan fingerprint density at radius 1 is 1.00 bits per heavy atom. The smallest absolute Gasteiger partial charge is 0.264 e. The minimum absolute atomic E-state index is 0.0151. The molecule has 0 saturated heterocycles. The molecule has 3 heterocycles. The SMILES string of the molecule is COc1ccc2c(c1)[C@@](O)([C@H](C)/C=C/CCn1cc(CCO)nn1)C(=O)N2Cc1cccc(N2C(=O)c3cccc4cccc2c34)c1. The maximum Gasteiger partial charge on any atom is 0.264 e. The Hall–Kier alpha value is -5.32. The summed E-state index contributed by atoms with van der Waals surface area (Å²) in [6.07, 6.45) is 6.66. The third kappa shape index (κ3) is 5.15. The van der Waals surface area contributed by atoms with Gasteiger partial charge in [-0.1, -0.05) is 60.7 Å². The van der Waals surface area contributed by atoms with Gasteiger partial charge in [0, 0.05) is 48.3 Å². The molecule has 4 aromatic carbocycles. The molecular formula is C37H35N5O5. The number of anilines is 3. The van der Waals surface area contributed by atoms with E-state index in [0.29, 0.717) is 47.6 Å². The Bertz CT molecular complexity index is 2030. The van der Waals surface area contributed by atoms with Gasteiger partial charge in [0.05, 0.1) is 36.3 Å². The van der Waals surface area contributed by atoms with Crippen LogP contribution in [0.2, 0.25) is 0 Å². The van der Waals surface area contributed by atoms with Crippen molar-refractivity contribution in [2.75, 3.05) is 23.5 Å². The van der Waals surface area contributed by atoms with Gasteiger partial charge in [-0.2, -0.15) is 0 Å². The summed E-state index contributed by atoms with van der Waals surface area (Å²) in [5.41, 5.74) is 3.02. The number of hydrogen-bond donors (Lipinski definition) is 2. The number of aromatic nitrogens is 3. The molecule has 0 radical (unpaired) electrons. The number of fused-ring (bicyclic) bond motifs is 1. The summed E-state index contributed by atoms with van der Waals surface area (Å²) in [7, 11) is 1.55. The number of amides is 2. The Morgan fingerprint density at radius 3 is 2.62 bits per heavy atom. The summed E-state index contributed by atoms with van der Waals surface area (Å²) in [5, 5.41) is 31.4. The second-order valence-electron chi connectivity index (χ2n) is 12.0. The van der Waals surface area contributed by atoms with Crippen molar-refractivity contribution in [1.82, 2.24) is 15.0 Å². The number of aryl methyl sites for hydroxylation is 1. The van der Waals surface area contributed by atoms with Gasteiger partial charge in [-0.3, -0.25) is 19.2 Å². The van der Waals surface area contributed by atoms with Crippen LogP contribution in [0, 0.1) is 5.92 Å². The summed E-state index contributed by atoms with van der Waals surface area (Å²) in [6, 6.07) is 24.6. The molecule has 2 N–H and O–H groups in total. The lowest BCUT2D eigenvalue weighted by Crippen LogP contribution is -2.44. The molecule has 7 rings (SSSR count). The van der Waals surface area contributed by atoms with Crippen LogP contribution < -0.4 is 14.5 Å². The van der Waals surface area contributed by atoms with E-state index < -0.39 is 17.4 Å². The predicted octanol–water partition coefficient (Wildman–Crippen LogP) is 5.28. The third-order valence-electron chi connectivity index (χ3n) is 9.11. The van der Waals surface area contributed by atoms with Crippen LogP contribution >= 0.6 is 0 Å². The largest absolute Gasteiger partial charge is 0.497 e. The highest BCUT2D eigenvalue weighted by molar-refractivity contribution is 6.27. The normalized spacial score (nSPS) is 17.7. The average Bonchev–Trinajstić information content (AvgIpc) is 3.72. The van der Waals surface area contributed by atoms with Crippen molar-refractivity contribution in [2.24, 2.45) is 5.92 Å². The predicted molar refractivity (Wildman–Crippen MR) is 179 cm³/mol. The Morgan fingerprint density at radius 2 is 1.81 bits per heavy atom. The number of carbonyl (C=O) groups is 2. The molecule has 10 nitrogen and oxygen atoms in total. The summed E-state index contributed by atoms with van der Waals surface area (Å²) in [4.78, 5) is 31.1. The monoisotopic (exact) mass is 629 g/mol. The molecule has 0 fully saturated rings. The Labute approximate surface area is 272 Å². The Balaban J connectivity index is 1.15. The Kier molecular flexibility index (Phi) is 7.83. The molecule has 1 aromatic heterocycles. The van der Waals surface area contributed by atoms with Crippen molar-refractivity contribution in [3.63, 3.8) is 0 Å². The van der Waals surface area contributed by atoms with Crippen LogP contribution in [-0.4, -0.2) is 50.7 Å². The summed E-state index contributed by atoms with van der Waals surface area (Å²) >= 11 is 0. The topological polar surface area (TPSA) is 121 Å². The number of aliphatic hydroxyl groups excluding tert-OH is 1. The van der Waals surface area contributed by atoms with E-state index in [9.17, 15) is 14.7 Å². The molecule has 0 saturated carbocycles. The number of benzene rings is 4. The van der Waals surface area contributed by atoms with E-state index in [1.807, 2.05) is 79.7 Å². The molecule has 2 atom stereocenters. The number of carbonyl (C=O) groups excluding carboxylic acids is 2. The highest BCUT2D eigenvalue weighted by Crippen LogP contribution is 2.47. The van der Waals surface area contributed by atoms with E-state index in [-0.39, 0.29) is 19.1 Å². The standard InChI is InChI=1S/C37H35N5O5/c1-24(8-3-4-18-40-23-27(17-19-43)38-39-40)37(46)31-21-29(47-2)15-16-32(31)41(36(37)45)22-25-9-5-12-28(20-25)42-33-14-7-11-26-10-6-13-30(34(26)33)35(42)44/h3,5-16,20-21,23-24,43,46H,4,17-19,22H2,1-2H3/b8-3+/t24-,37+/m1/s1. The highest BCUT2D eigenvalue weighted by Gasteiger charge is 2.52. The molecule has 5 aromatic rings. The number of methoxy groups -OCH3 is 1. The fourth-order valence-corrected chi connectivity index (χ4v) is 6.68. The lowest BCUT2D eigenvalue weighted by atomic mass is 9.83. The molecular weight excluding hydrogens is 594 g/mol. The van der Waals surface area contributed by atoms with Crippen LogP contribution in [0.25, 0.3) is 10.8 Å². The zero-order valence-electron chi connectivity index (χ0n) is 26.2. The van der Waals surface area contributed by atoms with Gasteiger partial charge >= 0.3 is 0 Å². The van der Waals surface area contributed by atoms with Crippen LogP contribution in [0.15, 0.2) is 97.2 Å². The number of aliphatic hydroxyl groups is 2. The van der Waals surface area contributed by atoms with Crippen molar-refractivity contribution in [1.29, 1.82) is 0 Å². The molecule has 0 bridgehead atoms. The van der Waals surface area contributed by atoms with Gasteiger partial charge in [0.1, 0.15) is 5.75 Å². The van der Waals surface area contributed by atoms with Gasteiger partial charge in [0.25, 0.3) is 11.8 Å². The second kappa shape index (κ2) is 12.1. The highest BCUT2D eigenvalue weighted by atomic mass is 16.5. The number of rotatable bonds is 11. The zero-order chi connectivity index (χ0) is 32.7. The van der Waals surface area contributed by atoms with Crippen molar-refractivity contribution >= 4 is 39.6 Å². The van der Waals surface area contributed by atoms with Crippen LogP contribution in [0.1, 0.15) is 40.5 Å². The van der Waals surface area contributed by atoms with Gasteiger partial charge in [0.2, 0.25) is 0 Å². The van der Waals surface area contributed by atoms with Crippen molar-refractivity contribution in [2.45, 2.75) is 38.5 Å². The minimum Gasteiger partial charge on any atom is -0.497 e. The van der Waals surface area contributed by atoms with Crippen LogP contribution in [-0.2, 0) is 29.9 Å². The van der Waals surface area contributed by atoms with E-state index in [1.165, 1.54) is 0 Å². The van der Waals surface area contributed by atoms with E-state index in [1.54, 1.807) is 46.0 Å². The summed E-state index contributed by atoms with van der Waals surface area (Å²) < 4.78 is 7.18. The quantitative estimate of drug-likeness (QED) is 0.191. The first kappa shape index (κ1) is 30.3. The molecule has 47 heavy (non-hydrogen) atoms. The summed E-state index contributed by atoms with van der Waals surface area (Å²) in [5.74, 6) is -0.532. The van der Waals surface area contributed by atoms with Crippen LogP contribution in [0.3, 0.4) is 0 Å².